The summed E-state index contributed by atoms with van der Waals surface area (Å²) in [5.74, 6) is 0. The first-order valence-electron chi connectivity index (χ1n) is 9.46. The van der Waals surface area contributed by atoms with Crippen molar-refractivity contribution in [1.82, 2.24) is 8.61 Å². The Kier molecular flexibility index (Phi) is 7.26. The molecule has 1 saturated heterocycles. The van der Waals surface area contributed by atoms with Crippen LogP contribution >= 0.6 is 0 Å². The molecule has 1 aromatic rings. The van der Waals surface area contributed by atoms with Gasteiger partial charge in [0.1, 0.15) is 0 Å². The third-order valence-corrected chi connectivity index (χ3v) is 8.31. The molecular formula is C19H29N3O4S2. The van der Waals surface area contributed by atoms with Gasteiger partial charge in [-0.25, -0.2) is 16.8 Å². The summed E-state index contributed by atoms with van der Waals surface area (Å²) in [6.07, 6.45) is 2.80. The zero-order chi connectivity index (χ0) is 21.0. The van der Waals surface area contributed by atoms with E-state index in [0.29, 0.717) is 13.1 Å². The molecule has 28 heavy (non-hydrogen) atoms. The van der Waals surface area contributed by atoms with Gasteiger partial charge in [-0.05, 0) is 42.5 Å². The lowest BCUT2D eigenvalue weighted by atomic mass is 9.97. The Hall–Kier alpha value is -1.47. The van der Waals surface area contributed by atoms with Crippen LogP contribution in [0.3, 0.4) is 0 Å². The molecule has 0 radical (unpaired) electrons. The largest absolute Gasteiger partial charge is 0.243 e. The van der Waals surface area contributed by atoms with Gasteiger partial charge in [0.2, 0.25) is 20.0 Å². The Morgan fingerprint density at radius 1 is 1.00 bits per heavy atom. The first-order chi connectivity index (χ1) is 13.0. The molecule has 1 fully saturated rings. The minimum Gasteiger partial charge on any atom is -0.207 e. The van der Waals surface area contributed by atoms with Crippen molar-refractivity contribution in [3.8, 4) is 6.07 Å². The van der Waals surface area contributed by atoms with E-state index in [1.165, 1.54) is 32.9 Å². The number of sulfonamides is 2. The van der Waals surface area contributed by atoms with Crippen molar-refractivity contribution >= 4 is 20.0 Å². The molecule has 0 aliphatic carbocycles. The predicted molar refractivity (Wildman–Crippen MR) is 107 cm³/mol. The maximum atomic E-state index is 13.0. The van der Waals surface area contributed by atoms with Gasteiger partial charge >= 0.3 is 0 Å². The van der Waals surface area contributed by atoms with E-state index in [9.17, 15) is 16.8 Å². The van der Waals surface area contributed by atoms with Gasteiger partial charge in [-0.1, -0.05) is 27.2 Å². The molecule has 7 nitrogen and oxygen atoms in total. The average molecular weight is 428 g/mol. The number of nitriles is 1. The molecule has 0 spiro atoms. The number of hydrogen-bond acceptors (Lipinski definition) is 5. The number of piperidine rings is 1. The second-order valence-corrected chi connectivity index (χ2v) is 12.1. The molecule has 2 rings (SSSR count). The van der Waals surface area contributed by atoms with Crippen LogP contribution in [0, 0.1) is 16.7 Å². The van der Waals surface area contributed by atoms with Crippen LogP contribution < -0.4 is 0 Å². The molecule has 0 saturated carbocycles. The van der Waals surface area contributed by atoms with E-state index in [2.05, 4.69) is 0 Å². The maximum absolute atomic E-state index is 13.0. The third kappa shape index (κ3) is 5.54. The van der Waals surface area contributed by atoms with Gasteiger partial charge in [-0.15, -0.1) is 0 Å². The van der Waals surface area contributed by atoms with Gasteiger partial charge in [-0.2, -0.15) is 13.9 Å². The van der Waals surface area contributed by atoms with Crippen molar-refractivity contribution in [2.24, 2.45) is 5.41 Å². The SMILES string of the molecule is CC(C)(C)CN(CCC#N)S(=O)(=O)c1ccc(S(=O)(=O)N2CCCCC2)cc1. The molecule has 0 atom stereocenters. The Balaban J connectivity index is 2.29. The fraction of sp³-hybridized carbons (Fsp3) is 0.632. The molecule has 0 unspecified atom stereocenters. The highest BCUT2D eigenvalue weighted by atomic mass is 32.2. The molecule has 0 bridgehead atoms. The monoisotopic (exact) mass is 427 g/mol. The van der Waals surface area contributed by atoms with Crippen LogP contribution in [0.15, 0.2) is 34.1 Å². The highest BCUT2D eigenvalue weighted by Crippen LogP contribution is 2.25. The van der Waals surface area contributed by atoms with Crippen molar-refractivity contribution in [2.75, 3.05) is 26.2 Å². The zero-order valence-corrected chi connectivity index (χ0v) is 18.4. The van der Waals surface area contributed by atoms with Crippen LogP contribution in [0.25, 0.3) is 0 Å². The van der Waals surface area contributed by atoms with Crippen LogP contribution in [0.1, 0.15) is 46.5 Å². The minimum absolute atomic E-state index is 0.0345. The number of rotatable bonds is 7. The number of benzene rings is 1. The van der Waals surface area contributed by atoms with Crippen molar-refractivity contribution in [2.45, 2.75) is 56.2 Å². The summed E-state index contributed by atoms with van der Waals surface area (Å²) >= 11 is 0. The third-order valence-electron chi connectivity index (χ3n) is 4.54. The van der Waals surface area contributed by atoms with Gasteiger partial charge in [0.05, 0.1) is 15.9 Å². The van der Waals surface area contributed by atoms with Crippen LogP contribution in [-0.2, 0) is 20.0 Å². The van der Waals surface area contributed by atoms with Crippen molar-refractivity contribution in [1.29, 1.82) is 5.26 Å². The second kappa shape index (κ2) is 8.91. The van der Waals surface area contributed by atoms with E-state index in [1.807, 2.05) is 26.8 Å². The van der Waals surface area contributed by atoms with Gasteiger partial charge in [0.15, 0.2) is 0 Å². The van der Waals surface area contributed by atoms with E-state index in [4.69, 9.17) is 5.26 Å². The molecular weight excluding hydrogens is 398 g/mol. The van der Waals surface area contributed by atoms with Gasteiger partial charge in [-0.3, -0.25) is 0 Å². The maximum Gasteiger partial charge on any atom is 0.243 e. The smallest absolute Gasteiger partial charge is 0.207 e. The summed E-state index contributed by atoms with van der Waals surface area (Å²) in [4.78, 5) is 0.139. The standard InChI is InChI=1S/C19H29N3O4S2/c1-19(2,3)16-22(15-7-12-20)28(25,26)18-10-8-17(9-11-18)27(23,24)21-13-5-4-6-14-21/h8-11H,4-7,13-16H2,1-3H3. The highest BCUT2D eigenvalue weighted by Gasteiger charge is 2.30. The predicted octanol–water partition coefficient (Wildman–Crippen LogP) is 2.81. The first-order valence-corrected chi connectivity index (χ1v) is 12.3. The molecule has 0 N–H and O–H groups in total. The molecule has 156 valence electrons. The van der Waals surface area contributed by atoms with Gasteiger partial charge < -0.3 is 0 Å². The Labute approximate surface area is 169 Å². The zero-order valence-electron chi connectivity index (χ0n) is 16.8. The second-order valence-electron chi connectivity index (χ2n) is 8.24. The quantitative estimate of drug-likeness (QED) is 0.666. The minimum atomic E-state index is -3.82. The summed E-state index contributed by atoms with van der Waals surface area (Å²) in [5, 5.41) is 8.86. The van der Waals surface area contributed by atoms with E-state index in [1.54, 1.807) is 0 Å². The lowest BCUT2D eigenvalue weighted by Gasteiger charge is -2.29. The fourth-order valence-electron chi connectivity index (χ4n) is 3.17. The Morgan fingerprint density at radius 2 is 1.54 bits per heavy atom. The summed E-state index contributed by atoms with van der Waals surface area (Å²) < 4.78 is 54.3. The lowest BCUT2D eigenvalue weighted by Crippen LogP contribution is -2.38. The average Bonchev–Trinajstić information content (AvgIpc) is 2.65. The van der Waals surface area contributed by atoms with Crippen LogP contribution in [0.5, 0.6) is 0 Å². The van der Waals surface area contributed by atoms with Crippen LogP contribution in [0.2, 0.25) is 0 Å². The summed E-state index contributed by atoms with van der Waals surface area (Å²) in [5.41, 5.74) is -0.278. The molecule has 0 amide bonds. The first kappa shape index (κ1) is 22.8. The highest BCUT2D eigenvalue weighted by molar-refractivity contribution is 7.89. The van der Waals surface area contributed by atoms with Crippen LogP contribution in [0.4, 0.5) is 0 Å². The topological polar surface area (TPSA) is 98.5 Å². The summed E-state index contributed by atoms with van der Waals surface area (Å²) in [6, 6.07) is 7.38. The van der Waals surface area contributed by atoms with Crippen molar-refractivity contribution < 1.29 is 16.8 Å². The molecule has 9 heteroatoms. The van der Waals surface area contributed by atoms with E-state index >= 15 is 0 Å². The molecule has 1 aliphatic rings. The molecule has 1 aromatic carbocycles. The van der Waals surface area contributed by atoms with Crippen molar-refractivity contribution in [3.63, 3.8) is 0 Å². The number of hydrogen-bond donors (Lipinski definition) is 0. The van der Waals surface area contributed by atoms with E-state index in [0.717, 1.165) is 19.3 Å². The lowest BCUT2D eigenvalue weighted by molar-refractivity contribution is 0.285. The van der Waals surface area contributed by atoms with E-state index < -0.39 is 20.0 Å². The van der Waals surface area contributed by atoms with Gasteiger partial charge in [0.25, 0.3) is 0 Å². The van der Waals surface area contributed by atoms with E-state index in [-0.39, 0.29) is 34.7 Å². The van der Waals surface area contributed by atoms with Gasteiger partial charge in [0, 0.05) is 32.6 Å². The number of nitrogens with zero attached hydrogens (tertiary/aromatic N) is 3. The normalized spacial score (nSPS) is 16.8. The Bertz CT molecular complexity index is 905. The Morgan fingerprint density at radius 3 is 2.04 bits per heavy atom. The molecule has 0 aromatic heterocycles. The molecule has 1 aliphatic heterocycles. The molecule has 1 heterocycles. The summed E-state index contributed by atoms with van der Waals surface area (Å²) in [7, 11) is -7.43. The van der Waals surface area contributed by atoms with Crippen LogP contribution in [-0.4, -0.2) is 51.6 Å². The fourth-order valence-corrected chi connectivity index (χ4v) is 6.36. The summed E-state index contributed by atoms with van der Waals surface area (Å²) in [6.45, 7) is 7.14. The van der Waals surface area contributed by atoms with Crippen molar-refractivity contribution in [3.05, 3.63) is 24.3 Å².